The predicted molar refractivity (Wildman–Crippen MR) is 66.2 cm³/mol. The van der Waals surface area contributed by atoms with Crippen molar-refractivity contribution < 1.29 is 27.8 Å². The van der Waals surface area contributed by atoms with Crippen LogP contribution in [0.1, 0.15) is 19.8 Å². The summed E-state index contributed by atoms with van der Waals surface area (Å²) in [5, 5.41) is 8.70. The number of hydrogen-bond donors (Lipinski definition) is 2. The van der Waals surface area contributed by atoms with E-state index in [2.05, 4.69) is 4.72 Å². The van der Waals surface area contributed by atoms with Crippen LogP contribution in [0.4, 0.5) is 0 Å². The number of nitrogens with one attached hydrogen (secondary N) is 1. The maximum Gasteiger partial charge on any atom is 0.313 e. The second-order valence-corrected chi connectivity index (χ2v) is 7.26. The van der Waals surface area contributed by atoms with Gasteiger partial charge in [0.05, 0.1) is 24.5 Å². The Balaban J connectivity index is 2.09. The number of hydrogen-bond acceptors (Lipinski definition) is 5. The minimum absolute atomic E-state index is 0.0172. The third-order valence-corrected chi connectivity index (χ3v) is 5.82. The maximum atomic E-state index is 12.2. The molecule has 0 amide bonds. The summed E-state index contributed by atoms with van der Waals surface area (Å²) in [6, 6.07) is -0.724. The van der Waals surface area contributed by atoms with Gasteiger partial charge in [0.15, 0.2) is 0 Å². The van der Waals surface area contributed by atoms with Crippen LogP contribution >= 0.6 is 0 Å². The number of carbonyl (C=O) groups is 1. The Kier molecular flexibility index (Phi) is 4.14. The highest BCUT2D eigenvalue weighted by atomic mass is 32.2. The fourth-order valence-electron chi connectivity index (χ4n) is 2.33. The zero-order valence-electron chi connectivity index (χ0n) is 10.8. The van der Waals surface area contributed by atoms with Crippen LogP contribution in [-0.2, 0) is 24.3 Å². The first-order chi connectivity index (χ1) is 8.86. The predicted octanol–water partition coefficient (Wildman–Crippen LogP) is -0.425. The fraction of sp³-hybridized carbons (Fsp3) is 0.909. The summed E-state index contributed by atoms with van der Waals surface area (Å²) in [7, 11) is -3.54. The molecule has 0 spiro atoms. The number of rotatable bonds is 4. The lowest BCUT2D eigenvalue weighted by Crippen LogP contribution is -2.52. The summed E-state index contributed by atoms with van der Waals surface area (Å²) in [6.07, 6.45) is 0.874. The molecule has 7 nitrogen and oxygen atoms in total. The van der Waals surface area contributed by atoms with E-state index in [0.29, 0.717) is 26.1 Å². The zero-order valence-corrected chi connectivity index (χ0v) is 11.6. The molecule has 2 saturated heterocycles. The number of aliphatic carboxylic acids is 1. The van der Waals surface area contributed by atoms with Crippen molar-refractivity contribution in [2.75, 3.05) is 26.4 Å². The summed E-state index contributed by atoms with van der Waals surface area (Å²) < 4.78 is 37.2. The summed E-state index contributed by atoms with van der Waals surface area (Å²) in [5.74, 6) is -1.05. The highest BCUT2D eigenvalue weighted by Crippen LogP contribution is 2.30. The van der Waals surface area contributed by atoms with Crippen molar-refractivity contribution in [1.82, 2.24) is 4.72 Å². The van der Waals surface area contributed by atoms with Gasteiger partial charge in [-0.25, -0.2) is 13.1 Å². The van der Waals surface area contributed by atoms with Crippen molar-refractivity contribution in [2.45, 2.75) is 31.1 Å². The number of ether oxygens (including phenoxy) is 2. The molecule has 110 valence electrons. The Labute approximate surface area is 112 Å². The van der Waals surface area contributed by atoms with Gasteiger partial charge in [0, 0.05) is 13.2 Å². The Morgan fingerprint density at radius 1 is 1.32 bits per heavy atom. The minimum atomic E-state index is -3.54. The summed E-state index contributed by atoms with van der Waals surface area (Å²) in [5.41, 5.74) is -1.21. The van der Waals surface area contributed by atoms with E-state index in [0.717, 1.165) is 0 Å². The van der Waals surface area contributed by atoms with E-state index in [9.17, 15) is 18.3 Å². The molecule has 0 saturated carbocycles. The van der Waals surface area contributed by atoms with Gasteiger partial charge in [0.25, 0.3) is 0 Å². The molecule has 0 aromatic carbocycles. The second-order valence-electron chi connectivity index (χ2n) is 5.26. The van der Waals surface area contributed by atoms with Gasteiger partial charge >= 0.3 is 5.97 Å². The van der Waals surface area contributed by atoms with Crippen LogP contribution in [0, 0.1) is 5.41 Å². The van der Waals surface area contributed by atoms with E-state index in [1.165, 1.54) is 6.92 Å². The molecular formula is C11H19NO6S. The molecule has 2 fully saturated rings. The van der Waals surface area contributed by atoms with E-state index < -0.39 is 32.7 Å². The molecule has 2 N–H and O–H groups in total. The van der Waals surface area contributed by atoms with Crippen LogP contribution in [0.25, 0.3) is 0 Å². The molecule has 2 aliphatic rings. The summed E-state index contributed by atoms with van der Waals surface area (Å²) >= 11 is 0. The molecule has 8 heteroatoms. The number of carboxylic acids is 1. The van der Waals surface area contributed by atoms with Gasteiger partial charge in [0.1, 0.15) is 5.41 Å². The smallest absolute Gasteiger partial charge is 0.313 e. The highest BCUT2D eigenvalue weighted by Gasteiger charge is 2.48. The molecule has 2 unspecified atom stereocenters. The molecule has 2 aliphatic heterocycles. The molecule has 0 aromatic heterocycles. The van der Waals surface area contributed by atoms with Gasteiger partial charge < -0.3 is 14.6 Å². The average molecular weight is 293 g/mol. The van der Waals surface area contributed by atoms with Crippen molar-refractivity contribution in [3.63, 3.8) is 0 Å². The zero-order chi connectivity index (χ0) is 14.1. The SMILES string of the molecule is CC1(C(=O)O)COCC1NS(=O)(=O)C1CCOCC1. The van der Waals surface area contributed by atoms with Crippen molar-refractivity contribution in [2.24, 2.45) is 5.41 Å². The van der Waals surface area contributed by atoms with Gasteiger partial charge in [-0.15, -0.1) is 0 Å². The monoisotopic (exact) mass is 293 g/mol. The van der Waals surface area contributed by atoms with Crippen LogP contribution < -0.4 is 4.72 Å². The van der Waals surface area contributed by atoms with Gasteiger partial charge in [-0.1, -0.05) is 0 Å². The first-order valence-electron chi connectivity index (χ1n) is 6.26. The van der Waals surface area contributed by atoms with E-state index in [-0.39, 0.29) is 13.2 Å². The summed E-state index contributed by atoms with van der Waals surface area (Å²) in [6.45, 7) is 2.44. The topological polar surface area (TPSA) is 102 Å². The first-order valence-corrected chi connectivity index (χ1v) is 7.81. The van der Waals surface area contributed by atoms with Crippen LogP contribution in [0.2, 0.25) is 0 Å². The number of sulfonamides is 1. The molecule has 0 aliphatic carbocycles. The molecule has 2 atom stereocenters. The minimum Gasteiger partial charge on any atom is -0.481 e. The molecule has 0 bridgehead atoms. The lowest BCUT2D eigenvalue weighted by atomic mass is 9.86. The van der Waals surface area contributed by atoms with Gasteiger partial charge in [-0.2, -0.15) is 0 Å². The first kappa shape index (κ1) is 14.7. The molecule has 2 heterocycles. The van der Waals surface area contributed by atoms with Crippen LogP contribution in [0.3, 0.4) is 0 Å². The lowest BCUT2D eigenvalue weighted by Gasteiger charge is -2.29. The fourth-order valence-corrected chi connectivity index (χ4v) is 4.06. The van der Waals surface area contributed by atoms with Crippen molar-refractivity contribution >= 4 is 16.0 Å². The Bertz CT molecular complexity index is 444. The van der Waals surface area contributed by atoms with Crippen molar-refractivity contribution in [3.05, 3.63) is 0 Å². The Morgan fingerprint density at radius 2 is 1.95 bits per heavy atom. The normalized spacial score (nSPS) is 33.4. The lowest BCUT2D eigenvalue weighted by molar-refractivity contribution is -0.148. The molecule has 19 heavy (non-hydrogen) atoms. The number of carboxylic acid groups (broad SMARTS) is 1. The molecule has 0 radical (unpaired) electrons. The molecule has 0 aromatic rings. The largest absolute Gasteiger partial charge is 0.481 e. The van der Waals surface area contributed by atoms with E-state index in [4.69, 9.17) is 9.47 Å². The standard InChI is InChI=1S/C11H19NO6S/c1-11(10(13)14)7-18-6-9(11)12-19(15,16)8-2-4-17-5-3-8/h8-9,12H,2-7H2,1H3,(H,13,14). The Morgan fingerprint density at radius 3 is 2.53 bits per heavy atom. The second kappa shape index (κ2) is 5.35. The van der Waals surface area contributed by atoms with Crippen LogP contribution in [0.15, 0.2) is 0 Å². The van der Waals surface area contributed by atoms with Gasteiger partial charge in [-0.3, -0.25) is 4.79 Å². The molecule has 2 rings (SSSR count). The third-order valence-electron chi connectivity index (χ3n) is 3.86. The summed E-state index contributed by atoms with van der Waals surface area (Å²) in [4.78, 5) is 11.3. The highest BCUT2D eigenvalue weighted by molar-refractivity contribution is 7.90. The van der Waals surface area contributed by atoms with Crippen LogP contribution in [0.5, 0.6) is 0 Å². The van der Waals surface area contributed by atoms with Gasteiger partial charge in [-0.05, 0) is 19.8 Å². The molecular weight excluding hydrogens is 274 g/mol. The quantitative estimate of drug-likeness (QED) is 0.729. The third kappa shape index (κ3) is 2.91. The van der Waals surface area contributed by atoms with E-state index in [1.807, 2.05) is 0 Å². The van der Waals surface area contributed by atoms with Crippen molar-refractivity contribution in [3.8, 4) is 0 Å². The Hall–Kier alpha value is -0.700. The van der Waals surface area contributed by atoms with E-state index in [1.54, 1.807) is 0 Å². The van der Waals surface area contributed by atoms with Gasteiger partial charge in [0.2, 0.25) is 10.0 Å². The van der Waals surface area contributed by atoms with Crippen LogP contribution in [-0.4, -0.2) is 57.2 Å². The average Bonchev–Trinajstić information content (AvgIpc) is 2.73. The van der Waals surface area contributed by atoms with E-state index >= 15 is 0 Å². The van der Waals surface area contributed by atoms with Crippen molar-refractivity contribution in [1.29, 1.82) is 0 Å². The maximum absolute atomic E-state index is 12.2.